The maximum Gasteiger partial charge on any atom is 0.412 e. The van der Waals surface area contributed by atoms with E-state index in [4.69, 9.17) is 4.74 Å². The normalized spacial score (nSPS) is 15.0. The molecule has 8 heteroatoms. The van der Waals surface area contributed by atoms with Crippen LogP contribution in [0.2, 0.25) is 0 Å². The van der Waals surface area contributed by atoms with Crippen molar-refractivity contribution in [3.05, 3.63) is 93.7 Å². The predicted octanol–water partition coefficient (Wildman–Crippen LogP) is 5.57. The smallest absolute Gasteiger partial charge is 0.412 e. The molecule has 1 aliphatic carbocycles. The van der Waals surface area contributed by atoms with Gasteiger partial charge in [0.2, 0.25) is 0 Å². The largest absolute Gasteiger partial charge is 0.446 e. The number of aromatic nitrogens is 2. The first-order valence-corrected chi connectivity index (χ1v) is 12.5. The minimum Gasteiger partial charge on any atom is -0.446 e. The summed E-state index contributed by atoms with van der Waals surface area (Å²) >= 11 is 0. The van der Waals surface area contributed by atoms with E-state index in [9.17, 15) is 14.0 Å². The lowest BCUT2D eigenvalue weighted by atomic mass is 9.97. The molecule has 4 aromatic rings. The van der Waals surface area contributed by atoms with Crippen molar-refractivity contribution in [2.45, 2.75) is 44.6 Å². The molecule has 3 aromatic carbocycles. The Balaban J connectivity index is 1.24. The van der Waals surface area contributed by atoms with E-state index >= 15 is 0 Å². The average Bonchev–Trinajstić information content (AvgIpc) is 3.55. The van der Waals surface area contributed by atoms with Crippen molar-refractivity contribution in [1.29, 1.82) is 0 Å². The monoisotopic (exact) mass is 496 g/mol. The molecular weight excluding hydrogens is 471 g/mol. The lowest BCUT2D eigenvalue weighted by Crippen LogP contribution is -2.33. The number of carbonyl (C=O) groups is 1. The molecule has 2 heterocycles. The van der Waals surface area contributed by atoms with Gasteiger partial charge in [0.15, 0.2) is 0 Å². The van der Waals surface area contributed by atoms with Gasteiger partial charge in [0.05, 0.1) is 16.8 Å². The zero-order chi connectivity index (χ0) is 25.4. The number of fused-ring (bicyclic) bond motifs is 2. The standard InChI is InChI=1S/C29H25FN4O3/c30-24-12-9-17(14-26-21-7-3-4-8-22(21)28(35)34-33-26)13-23(24)18-10-11-19-16-27(31-25(19)15-18)32-29(36)37-20-5-1-2-6-20/h3-4,7-13,15,20H,1-2,5-6,14,16H2,(H,34,35)(H,31,32,36). The molecule has 6 rings (SSSR count). The molecule has 0 atom stereocenters. The molecule has 0 saturated heterocycles. The number of amides is 1. The van der Waals surface area contributed by atoms with E-state index < -0.39 is 6.09 Å². The number of hydrogen-bond acceptors (Lipinski definition) is 5. The Kier molecular flexibility index (Phi) is 6.00. The molecule has 1 fully saturated rings. The van der Waals surface area contributed by atoms with Crippen LogP contribution in [0.15, 0.2) is 70.5 Å². The number of benzene rings is 3. The van der Waals surface area contributed by atoms with E-state index in [-0.39, 0.29) is 17.5 Å². The van der Waals surface area contributed by atoms with Gasteiger partial charge in [-0.15, -0.1) is 0 Å². The van der Waals surface area contributed by atoms with Crippen molar-refractivity contribution in [2.24, 2.45) is 4.99 Å². The summed E-state index contributed by atoms with van der Waals surface area (Å²) in [5.41, 5.74) is 4.14. The molecular formula is C29H25FN4O3. The molecule has 2 aliphatic rings. The number of alkyl carbamates (subject to hydrolysis) is 1. The molecule has 1 aromatic heterocycles. The average molecular weight is 497 g/mol. The van der Waals surface area contributed by atoms with Gasteiger partial charge in [0, 0.05) is 23.8 Å². The second kappa shape index (κ2) is 9.61. The van der Waals surface area contributed by atoms with E-state index in [2.05, 4.69) is 20.5 Å². The minimum absolute atomic E-state index is 0.0180. The molecule has 37 heavy (non-hydrogen) atoms. The number of H-pyrrole nitrogens is 1. The molecule has 2 N–H and O–H groups in total. The van der Waals surface area contributed by atoms with Crippen molar-refractivity contribution in [2.75, 3.05) is 0 Å². The highest BCUT2D eigenvalue weighted by Gasteiger charge is 2.22. The van der Waals surface area contributed by atoms with Gasteiger partial charge in [-0.05, 0) is 66.6 Å². The molecule has 0 radical (unpaired) electrons. The molecule has 1 aliphatic heterocycles. The third-order valence-corrected chi connectivity index (χ3v) is 7.01. The fourth-order valence-electron chi connectivity index (χ4n) is 5.13. The van der Waals surface area contributed by atoms with Crippen molar-refractivity contribution >= 4 is 28.4 Å². The molecule has 0 spiro atoms. The van der Waals surface area contributed by atoms with Gasteiger partial charge in [-0.25, -0.2) is 19.3 Å². The number of halogens is 1. The maximum absolute atomic E-state index is 14.9. The van der Waals surface area contributed by atoms with Crippen molar-refractivity contribution in [3.63, 3.8) is 0 Å². The highest BCUT2D eigenvalue weighted by Crippen LogP contribution is 2.33. The van der Waals surface area contributed by atoms with Gasteiger partial charge in [-0.3, -0.25) is 10.1 Å². The summed E-state index contributed by atoms with van der Waals surface area (Å²) < 4.78 is 20.4. The molecule has 0 unspecified atom stereocenters. The summed E-state index contributed by atoms with van der Waals surface area (Å²) in [5.74, 6) is 0.184. The first-order valence-electron chi connectivity index (χ1n) is 12.5. The number of nitrogens with zero attached hydrogens (tertiary/aromatic N) is 2. The van der Waals surface area contributed by atoms with Crippen LogP contribution in [0, 0.1) is 5.82 Å². The van der Waals surface area contributed by atoms with Crippen LogP contribution in [-0.4, -0.2) is 28.2 Å². The van der Waals surface area contributed by atoms with Gasteiger partial charge in [-0.1, -0.05) is 36.4 Å². The summed E-state index contributed by atoms with van der Waals surface area (Å²) in [4.78, 5) is 28.9. The van der Waals surface area contributed by atoms with E-state index in [1.807, 2.05) is 36.4 Å². The molecule has 7 nitrogen and oxygen atoms in total. The number of carbonyl (C=O) groups excluding carboxylic acids is 1. The van der Waals surface area contributed by atoms with Crippen LogP contribution in [0.3, 0.4) is 0 Å². The van der Waals surface area contributed by atoms with Crippen LogP contribution in [-0.2, 0) is 17.6 Å². The van der Waals surface area contributed by atoms with Gasteiger partial charge in [-0.2, -0.15) is 5.10 Å². The molecule has 0 bridgehead atoms. The lowest BCUT2D eigenvalue weighted by molar-refractivity contribution is 0.105. The Morgan fingerprint density at radius 3 is 2.70 bits per heavy atom. The second-order valence-electron chi connectivity index (χ2n) is 9.55. The van der Waals surface area contributed by atoms with E-state index in [1.54, 1.807) is 18.2 Å². The zero-order valence-electron chi connectivity index (χ0n) is 20.1. The Bertz CT molecular complexity index is 1600. The lowest BCUT2D eigenvalue weighted by Gasteiger charge is -2.11. The fraction of sp³-hybridized carbons (Fsp3) is 0.241. The van der Waals surface area contributed by atoms with Gasteiger partial charge in [0.1, 0.15) is 17.8 Å². The number of aliphatic imine (C=N–C) groups is 1. The second-order valence-corrected chi connectivity index (χ2v) is 9.55. The van der Waals surface area contributed by atoms with Crippen molar-refractivity contribution < 1.29 is 13.9 Å². The van der Waals surface area contributed by atoms with Crippen LogP contribution >= 0.6 is 0 Å². The predicted molar refractivity (Wildman–Crippen MR) is 140 cm³/mol. The van der Waals surface area contributed by atoms with Crippen LogP contribution in [0.1, 0.15) is 42.5 Å². The number of rotatable bonds is 4. The maximum atomic E-state index is 14.9. The topological polar surface area (TPSA) is 96.4 Å². The summed E-state index contributed by atoms with van der Waals surface area (Å²) in [6.45, 7) is 0. The van der Waals surface area contributed by atoms with E-state index in [0.29, 0.717) is 46.6 Å². The van der Waals surface area contributed by atoms with Crippen LogP contribution in [0.5, 0.6) is 0 Å². The number of hydrogen-bond donors (Lipinski definition) is 2. The van der Waals surface area contributed by atoms with Crippen molar-refractivity contribution in [1.82, 2.24) is 15.5 Å². The summed E-state index contributed by atoms with van der Waals surface area (Å²) in [6, 6.07) is 17.9. The molecule has 1 saturated carbocycles. The Hall–Kier alpha value is -4.33. The minimum atomic E-state index is -0.471. The quantitative estimate of drug-likeness (QED) is 0.386. The van der Waals surface area contributed by atoms with Crippen molar-refractivity contribution in [3.8, 4) is 11.1 Å². The Morgan fingerprint density at radius 2 is 1.86 bits per heavy atom. The summed E-state index contributed by atoms with van der Waals surface area (Å²) in [5, 5.41) is 10.9. The van der Waals surface area contributed by atoms with Gasteiger partial charge in [0.25, 0.3) is 5.56 Å². The highest BCUT2D eigenvalue weighted by atomic mass is 19.1. The molecule has 186 valence electrons. The van der Waals surface area contributed by atoms with Gasteiger partial charge >= 0.3 is 6.09 Å². The first kappa shape index (κ1) is 23.1. The highest BCUT2D eigenvalue weighted by molar-refractivity contribution is 6.01. The number of amidine groups is 1. The number of nitrogens with one attached hydrogen (secondary N) is 2. The Labute approximate surface area is 212 Å². The van der Waals surface area contributed by atoms with Crippen LogP contribution in [0.4, 0.5) is 14.9 Å². The van der Waals surface area contributed by atoms with Crippen LogP contribution < -0.4 is 10.9 Å². The zero-order valence-corrected chi connectivity index (χ0v) is 20.1. The third kappa shape index (κ3) is 4.74. The van der Waals surface area contributed by atoms with Crippen LogP contribution in [0.25, 0.3) is 21.9 Å². The number of aromatic amines is 1. The summed E-state index contributed by atoms with van der Waals surface area (Å²) in [6.07, 6.45) is 4.42. The van der Waals surface area contributed by atoms with E-state index in [1.165, 1.54) is 6.07 Å². The van der Waals surface area contributed by atoms with Gasteiger partial charge < -0.3 is 4.74 Å². The SMILES string of the molecule is O=C(NC1=Nc2cc(-c3cc(Cc4n[nH]c(=O)c5ccccc45)ccc3F)ccc2C1)OC1CCCC1. The Morgan fingerprint density at radius 1 is 1.05 bits per heavy atom. The summed E-state index contributed by atoms with van der Waals surface area (Å²) in [7, 11) is 0. The fourth-order valence-corrected chi connectivity index (χ4v) is 5.13. The number of ether oxygens (including phenoxy) is 1. The molecule has 1 amide bonds. The third-order valence-electron chi connectivity index (χ3n) is 7.01. The first-order chi connectivity index (χ1) is 18.0. The van der Waals surface area contributed by atoms with E-state index in [0.717, 1.165) is 42.2 Å².